The summed E-state index contributed by atoms with van der Waals surface area (Å²) in [4.78, 5) is 28.9. The van der Waals surface area contributed by atoms with Crippen LogP contribution < -0.4 is 10.5 Å². The van der Waals surface area contributed by atoms with Crippen molar-refractivity contribution in [2.24, 2.45) is 0 Å². The normalized spacial score (nSPS) is 17.3. The maximum absolute atomic E-state index is 12.7. The summed E-state index contributed by atoms with van der Waals surface area (Å²) >= 11 is 1.51. The quantitative estimate of drug-likeness (QED) is 0.676. The van der Waals surface area contributed by atoms with Gasteiger partial charge in [-0.1, -0.05) is 12.1 Å². The first-order valence-electron chi connectivity index (χ1n) is 9.64. The fraction of sp³-hybridized carbons (Fsp3) is 0.400. The number of nitrogens with zero attached hydrogens (tertiary/aromatic N) is 5. The topological polar surface area (TPSA) is 71.3 Å². The van der Waals surface area contributed by atoms with Gasteiger partial charge < -0.3 is 9.80 Å². The maximum atomic E-state index is 12.7. The predicted octanol–water partition coefficient (Wildman–Crippen LogP) is 2.08. The molecule has 3 heterocycles. The number of hydrogen-bond donors (Lipinski definition) is 0. The third-order valence-electron chi connectivity index (χ3n) is 5.46. The van der Waals surface area contributed by atoms with Crippen LogP contribution in [0.3, 0.4) is 0 Å². The second-order valence-electron chi connectivity index (χ2n) is 7.40. The molecule has 2 aliphatic rings. The number of anilines is 1. The summed E-state index contributed by atoms with van der Waals surface area (Å²) < 4.78 is 7.10. The molecule has 0 unspecified atom stereocenters. The van der Waals surface area contributed by atoms with Gasteiger partial charge in [0.25, 0.3) is 5.56 Å². The van der Waals surface area contributed by atoms with Gasteiger partial charge in [0.15, 0.2) is 0 Å². The van der Waals surface area contributed by atoms with Crippen molar-refractivity contribution in [1.82, 2.24) is 19.1 Å². The van der Waals surface area contributed by atoms with Crippen molar-refractivity contribution in [2.45, 2.75) is 25.3 Å². The lowest BCUT2D eigenvalue weighted by Crippen LogP contribution is -2.50. The largest absolute Gasteiger partial charge is 0.352 e. The Hall–Kier alpha value is -2.74. The van der Waals surface area contributed by atoms with Gasteiger partial charge in [-0.25, -0.2) is 4.68 Å². The van der Waals surface area contributed by atoms with Gasteiger partial charge in [-0.05, 0) is 42.6 Å². The van der Waals surface area contributed by atoms with Crippen LogP contribution in [-0.2, 0) is 11.3 Å². The van der Waals surface area contributed by atoms with Crippen molar-refractivity contribution in [1.29, 1.82) is 0 Å². The lowest BCUT2D eigenvalue weighted by atomic mass is 10.2. The third-order valence-corrected chi connectivity index (χ3v) is 6.28. The van der Waals surface area contributed by atoms with Gasteiger partial charge in [0.1, 0.15) is 12.4 Å². The summed E-state index contributed by atoms with van der Waals surface area (Å²) in [7, 11) is 0. The minimum absolute atomic E-state index is 0.0129. The van der Waals surface area contributed by atoms with Crippen LogP contribution in [-0.4, -0.2) is 51.1 Å². The minimum atomic E-state index is -0.217. The number of aromatic nitrogens is 3. The molecule has 28 heavy (non-hydrogen) atoms. The molecule has 0 bridgehead atoms. The Morgan fingerprint density at radius 2 is 1.86 bits per heavy atom. The molecule has 7 nitrogen and oxygen atoms in total. The molecule has 144 valence electrons. The highest BCUT2D eigenvalue weighted by Gasteiger charge is 2.27. The van der Waals surface area contributed by atoms with E-state index < -0.39 is 0 Å². The van der Waals surface area contributed by atoms with E-state index in [4.69, 9.17) is 0 Å². The van der Waals surface area contributed by atoms with Gasteiger partial charge in [-0.15, -0.1) is 0 Å². The van der Waals surface area contributed by atoms with E-state index in [0.29, 0.717) is 19.0 Å². The van der Waals surface area contributed by atoms with Crippen LogP contribution in [0.25, 0.3) is 10.1 Å². The molecule has 2 aromatic heterocycles. The summed E-state index contributed by atoms with van der Waals surface area (Å²) in [5, 5.41) is 5.56. The molecule has 1 aromatic carbocycles. The van der Waals surface area contributed by atoms with E-state index in [0.717, 1.165) is 37.4 Å². The van der Waals surface area contributed by atoms with Gasteiger partial charge in [0.2, 0.25) is 5.91 Å². The Morgan fingerprint density at radius 3 is 2.64 bits per heavy atom. The van der Waals surface area contributed by atoms with E-state index in [9.17, 15) is 9.59 Å². The average Bonchev–Trinajstić information content (AvgIpc) is 3.49. The van der Waals surface area contributed by atoms with E-state index >= 15 is 0 Å². The highest BCUT2D eigenvalue weighted by atomic mass is 32.1. The van der Waals surface area contributed by atoms with Crippen LogP contribution in [0, 0.1) is 0 Å². The number of hydrogen-bond acceptors (Lipinski definition) is 6. The Balaban J connectivity index is 1.25. The number of rotatable bonds is 4. The van der Waals surface area contributed by atoms with Crippen LogP contribution in [0.15, 0.2) is 41.2 Å². The summed E-state index contributed by atoms with van der Waals surface area (Å²) in [6.45, 7) is 2.75. The Kier molecular flexibility index (Phi) is 4.35. The zero-order valence-electron chi connectivity index (χ0n) is 15.5. The zero-order valence-corrected chi connectivity index (χ0v) is 16.3. The highest BCUT2D eigenvalue weighted by Crippen LogP contribution is 2.38. The predicted molar refractivity (Wildman–Crippen MR) is 109 cm³/mol. The van der Waals surface area contributed by atoms with Crippen molar-refractivity contribution in [3.05, 3.63) is 52.4 Å². The van der Waals surface area contributed by atoms with E-state index in [1.54, 1.807) is 6.07 Å². The molecule has 3 aromatic rings. The third kappa shape index (κ3) is 3.28. The van der Waals surface area contributed by atoms with Crippen LogP contribution in [0.5, 0.6) is 0 Å². The second-order valence-corrected chi connectivity index (χ2v) is 8.20. The fourth-order valence-corrected chi connectivity index (χ4v) is 4.47. The van der Waals surface area contributed by atoms with Crippen molar-refractivity contribution < 1.29 is 4.79 Å². The first-order chi connectivity index (χ1) is 13.7. The average molecular weight is 395 g/mol. The number of carbonyl (C=O) groups excluding carboxylic acids is 1. The summed E-state index contributed by atoms with van der Waals surface area (Å²) in [5.41, 5.74) is 0.706. The molecule has 8 heteroatoms. The molecule has 1 aliphatic carbocycles. The standard InChI is InChI=1S/C20H21N5O2S/c26-18-8-7-16(14-5-6-14)21-25(18)13-19(27)23-9-11-24(12-10-23)20-15-3-1-2-4-17(15)28-22-20/h1-4,7-8,14H,5-6,9-13H2. The molecule has 2 fully saturated rings. The number of carbonyl (C=O) groups is 1. The smallest absolute Gasteiger partial charge is 0.267 e. The molecule has 0 radical (unpaired) electrons. The highest BCUT2D eigenvalue weighted by molar-refractivity contribution is 7.13. The lowest BCUT2D eigenvalue weighted by molar-refractivity contribution is -0.132. The molecule has 1 saturated carbocycles. The second kappa shape index (κ2) is 7.01. The molecule has 5 rings (SSSR count). The molecule has 0 N–H and O–H groups in total. The monoisotopic (exact) mass is 395 g/mol. The van der Waals surface area contributed by atoms with Crippen LogP contribution >= 0.6 is 11.5 Å². The van der Waals surface area contributed by atoms with Crippen molar-refractivity contribution >= 4 is 33.3 Å². The Labute approximate surface area is 166 Å². The molecule has 0 spiro atoms. The van der Waals surface area contributed by atoms with Gasteiger partial charge >= 0.3 is 0 Å². The lowest BCUT2D eigenvalue weighted by Gasteiger charge is -2.35. The van der Waals surface area contributed by atoms with Gasteiger partial charge in [-0.2, -0.15) is 9.47 Å². The zero-order chi connectivity index (χ0) is 19.1. The minimum Gasteiger partial charge on any atom is -0.352 e. The van der Waals surface area contributed by atoms with Crippen LogP contribution in [0.2, 0.25) is 0 Å². The first kappa shape index (κ1) is 17.4. The summed E-state index contributed by atoms with van der Waals surface area (Å²) in [6, 6.07) is 11.5. The fourth-order valence-electron chi connectivity index (χ4n) is 3.67. The Morgan fingerprint density at radius 1 is 1.07 bits per heavy atom. The Bertz CT molecular complexity index is 1080. The van der Waals surface area contributed by atoms with E-state index in [2.05, 4.69) is 26.5 Å². The first-order valence-corrected chi connectivity index (χ1v) is 10.4. The molecule has 1 aliphatic heterocycles. The molecular weight excluding hydrogens is 374 g/mol. The number of piperazine rings is 1. The van der Waals surface area contributed by atoms with Crippen LogP contribution in [0.1, 0.15) is 24.5 Å². The maximum Gasteiger partial charge on any atom is 0.267 e. The molecular formula is C20H21N5O2S. The van der Waals surface area contributed by atoms with Gasteiger partial charge in [0.05, 0.1) is 10.4 Å². The number of amides is 1. The van der Waals surface area contributed by atoms with Gasteiger partial charge in [-0.3, -0.25) is 9.59 Å². The van der Waals surface area contributed by atoms with Crippen molar-refractivity contribution in [3.8, 4) is 0 Å². The van der Waals surface area contributed by atoms with E-state index in [1.165, 1.54) is 32.4 Å². The molecule has 1 amide bonds. The number of benzene rings is 1. The van der Waals surface area contributed by atoms with Crippen molar-refractivity contribution in [3.63, 3.8) is 0 Å². The summed E-state index contributed by atoms with van der Waals surface area (Å²) in [6.07, 6.45) is 2.23. The SMILES string of the molecule is O=C(Cn1nc(C2CC2)ccc1=O)N1CCN(c2nsc3ccccc23)CC1. The number of fused-ring (bicyclic) bond motifs is 1. The van der Waals surface area contributed by atoms with Crippen LogP contribution in [0.4, 0.5) is 5.82 Å². The summed E-state index contributed by atoms with van der Waals surface area (Å²) in [5.74, 6) is 1.41. The molecule has 1 saturated heterocycles. The van der Waals surface area contributed by atoms with E-state index in [-0.39, 0.29) is 18.0 Å². The van der Waals surface area contributed by atoms with E-state index in [1.807, 2.05) is 17.0 Å². The molecule has 0 atom stereocenters. The van der Waals surface area contributed by atoms with Gasteiger partial charge in [0, 0.05) is 43.5 Å². The van der Waals surface area contributed by atoms with Crippen molar-refractivity contribution in [2.75, 3.05) is 31.1 Å².